The zero-order valence-corrected chi connectivity index (χ0v) is 21.9. The fourth-order valence-corrected chi connectivity index (χ4v) is 9.61. The summed E-state index contributed by atoms with van der Waals surface area (Å²) in [5, 5.41) is 14.1. The Kier molecular flexibility index (Phi) is 5.36. The Labute approximate surface area is 214 Å². The normalized spacial score (nSPS) is 47.4. The van der Waals surface area contributed by atoms with Crippen molar-refractivity contribution in [3.63, 3.8) is 0 Å². The van der Waals surface area contributed by atoms with Crippen molar-refractivity contribution < 1.29 is 19.4 Å². The minimum absolute atomic E-state index is 0.00729. The van der Waals surface area contributed by atoms with Gasteiger partial charge in [-0.05, 0) is 60.6 Å². The molecule has 7 rings (SSSR count). The van der Waals surface area contributed by atoms with Gasteiger partial charge in [-0.25, -0.2) is 0 Å². The molecule has 1 aromatic rings. The van der Waals surface area contributed by atoms with Crippen LogP contribution in [-0.4, -0.2) is 28.6 Å². The maximum absolute atomic E-state index is 14.4. The van der Waals surface area contributed by atoms with Gasteiger partial charge < -0.3 is 15.2 Å². The van der Waals surface area contributed by atoms with Gasteiger partial charge in [-0.15, -0.1) is 6.58 Å². The molecular weight excluding hydrogens is 450 g/mol. The third-order valence-corrected chi connectivity index (χ3v) is 10.4. The molecule has 6 aliphatic rings. The number of rotatable bonds is 1. The van der Waals surface area contributed by atoms with E-state index in [9.17, 15) is 14.7 Å². The number of ketones is 1. The van der Waals surface area contributed by atoms with Crippen molar-refractivity contribution in [3.05, 3.63) is 54.1 Å². The van der Waals surface area contributed by atoms with Gasteiger partial charge in [0.2, 0.25) is 5.91 Å². The molecule has 3 aliphatic heterocycles. The Morgan fingerprint density at radius 2 is 1.89 bits per heavy atom. The molecule has 3 fully saturated rings. The van der Waals surface area contributed by atoms with Gasteiger partial charge in [0, 0.05) is 36.5 Å². The highest BCUT2D eigenvalue weighted by molar-refractivity contribution is 6.04. The van der Waals surface area contributed by atoms with Gasteiger partial charge in [0.15, 0.2) is 0 Å². The van der Waals surface area contributed by atoms with Gasteiger partial charge in [0.05, 0.1) is 0 Å². The molecule has 2 N–H and O–H groups in total. The average molecular weight is 490 g/mol. The van der Waals surface area contributed by atoms with Crippen molar-refractivity contribution in [2.75, 3.05) is 0 Å². The monoisotopic (exact) mass is 489 g/mol. The first-order valence-electron chi connectivity index (χ1n) is 13.7. The van der Waals surface area contributed by atoms with Crippen LogP contribution in [-0.2, 0) is 16.0 Å². The van der Waals surface area contributed by atoms with E-state index in [-0.39, 0.29) is 53.8 Å². The quantitative estimate of drug-likeness (QED) is 0.443. The molecule has 1 saturated heterocycles. The molecule has 0 aromatic heterocycles. The second-order valence-electron chi connectivity index (χ2n) is 12.9. The molecule has 0 radical (unpaired) electrons. The summed E-state index contributed by atoms with van der Waals surface area (Å²) in [7, 11) is 0. The van der Waals surface area contributed by atoms with Gasteiger partial charge in [-0.3, -0.25) is 9.59 Å². The standard InChI is InChI=1S/C31H39NO4/c1-6-20-12-18(4)25-24-23(20)27(33)22-15-31(35,32-29(22)34)14-19-7-9-21(10-8-19)36-28(24)26-17(3)11-16(2)13-30(25,26)5/h6-10,12,16-17,20,22-26,28,35H,1,11,13-15H2,2-5H3,(H,32,34)/t16-,17+,20-,22+,23+,24-,25+,26-,28+,30+,31-/m1/s1. The van der Waals surface area contributed by atoms with Crippen LogP contribution in [0.15, 0.2) is 48.6 Å². The van der Waals surface area contributed by atoms with E-state index in [0.29, 0.717) is 17.8 Å². The molecule has 192 valence electrons. The summed E-state index contributed by atoms with van der Waals surface area (Å²) >= 11 is 0. The lowest BCUT2D eigenvalue weighted by molar-refractivity contribution is -0.137. The molecule has 11 atom stereocenters. The Bertz CT molecular complexity index is 1140. The van der Waals surface area contributed by atoms with E-state index >= 15 is 0 Å². The van der Waals surface area contributed by atoms with Crippen LogP contribution in [0.4, 0.5) is 0 Å². The molecule has 0 unspecified atom stereocenters. The summed E-state index contributed by atoms with van der Waals surface area (Å²) in [5.74, 6) is 0.520. The molecule has 36 heavy (non-hydrogen) atoms. The zero-order valence-electron chi connectivity index (χ0n) is 21.9. The van der Waals surface area contributed by atoms with Gasteiger partial charge in [-0.2, -0.15) is 0 Å². The van der Waals surface area contributed by atoms with E-state index in [0.717, 1.165) is 24.2 Å². The number of ether oxygens (including phenoxy) is 1. The van der Waals surface area contributed by atoms with E-state index in [1.807, 2.05) is 30.3 Å². The lowest BCUT2D eigenvalue weighted by atomic mass is 9.55. The largest absolute Gasteiger partial charge is 0.490 e. The van der Waals surface area contributed by atoms with E-state index < -0.39 is 17.6 Å². The molecule has 5 nitrogen and oxygen atoms in total. The Morgan fingerprint density at radius 1 is 1.17 bits per heavy atom. The number of nitrogens with one attached hydrogen (secondary N) is 1. The first-order valence-corrected chi connectivity index (χ1v) is 13.7. The predicted octanol–water partition coefficient (Wildman–Crippen LogP) is 4.70. The molecular formula is C31H39NO4. The molecule has 3 aliphatic carbocycles. The number of hydrogen-bond donors (Lipinski definition) is 2. The maximum Gasteiger partial charge on any atom is 0.232 e. The van der Waals surface area contributed by atoms with Crippen molar-refractivity contribution in [3.8, 4) is 5.75 Å². The highest BCUT2D eigenvalue weighted by Gasteiger charge is 2.67. The van der Waals surface area contributed by atoms with Crippen LogP contribution in [0.3, 0.4) is 0 Å². The van der Waals surface area contributed by atoms with Crippen molar-refractivity contribution >= 4 is 11.7 Å². The third kappa shape index (κ3) is 3.38. The number of benzene rings is 1. The van der Waals surface area contributed by atoms with Crippen LogP contribution in [0, 0.1) is 52.8 Å². The molecule has 2 saturated carbocycles. The minimum atomic E-state index is -1.42. The predicted molar refractivity (Wildman–Crippen MR) is 138 cm³/mol. The third-order valence-electron chi connectivity index (χ3n) is 10.4. The number of hydrogen-bond acceptors (Lipinski definition) is 4. The summed E-state index contributed by atoms with van der Waals surface area (Å²) in [6.07, 6.45) is 6.62. The molecule has 5 heteroatoms. The van der Waals surface area contributed by atoms with Crippen LogP contribution in [0.5, 0.6) is 5.75 Å². The molecule has 4 bridgehead atoms. The topological polar surface area (TPSA) is 75.6 Å². The van der Waals surface area contributed by atoms with Crippen molar-refractivity contribution in [2.45, 2.75) is 65.2 Å². The molecule has 3 heterocycles. The van der Waals surface area contributed by atoms with Gasteiger partial charge in [0.1, 0.15) is 29.3 Å². The van der Waals surface area contributed by atoms with Crippen LogP contribution in [0.2, 0.25) is 0 Å². The van der Waals surface area contributed by atoms with E-state index in [2.05, 4.69) is 45.7 Å². The SMILES string of the molecule is C=C[C@@H]1C=C(C)[C@H]2[C@@H]3[C@H](Oc4ccc(cc4)C[C@@]4(O)C[C@H](C(=O)N4)C(=O)[C@@H]13)[C@H]1[C@@H](C)C[C@@H](C)C[C@]12C. The van der Waals surface area contributed by atoms with Crippen LogP contribution >= 0.6 is 0 Å². The lowest BCUT2D eigenvalue weighted by Crippen LogP contribution is -2.46. The Morgan fingerprint density at radius 3 is 2.58 bits per heavy atom. The second-order valence-corrected chi connectivity index (χ2v) is 12.9. The van der Waals surface area contributed by atoms with Gasteiger partial charge >= 0.3 is 0 Å². The first-order chi connectivity index (χ1) is 17.0. The van der Waals surface area contributed by atoms with Gasteiger partial charge in [0.25, 0.3) is 0 Å². The number of aliphatic hydroxyl groups is 1. The fraction of sp³-hybridized carbons (Fsp3) is 0.613. The minimum Gasteiger partial charge on any atom is -0.490 e. The number of fused-ring (bicyclic) bond motifs is 4. The van der Waals surface area contributed by atoms with Crippen LogP contribution in [0.1, 0.15) is 52.5 Å². The van der Waals surface area contributed by atoms with Crippen molar-refractivity contribution in [1.82, 2.24) is 5.32 Å². The number of carbonyl (C=O) groups is 2. The van der Waals surface area contributed by atoms with Crippen molar-refractivity contribution in [2.24, 2.45) is 52.8 Å². The smallest absolute Gasteiger partial charge is 0.232 e. The second kappa shape index (κ2) is 8.05. The first kappa shape index (κ1) is 24.0. The fourth-order valence-electron chi connectivity index (χ4n) is 9.61. The van der Waals surface area contributed by atoms with E-state index in [1.54, 1.807) is 0 Å². The Balaban J connectivity index is 1.56. The number of Topliss-reactive ketones (excluding diaryl/α,β-unsaturated/α-hetero) is 1. The van der Waals surface area contributed by atoms with E-state index in [1.165, 1.54) is 5.57 Å². The van der Waals surface area contributed by atoms with Crippen LogP contribution in [0.25, 0.3) is 0 Å². The number of allylic oxidation sites excluding steroid dienone is 3. The van der Waals surface area contributed by atoms with Crippen LogP contribution < -0.4 is 10.1 Å². The highest BCUT2D eigenvalue weighted by atomic mass is 16.5. The van der Waals surface area contributed by atoms with Gasteiger partial charge in [-0.1, -0.05) is 50.6 Å². The number of carbonyl (C=O) groups excluding carboxylic acids is 2. The maximum atomic E-state index is 14.4. The average Bonchev–Trinajstić information content (AvgIpc) is 3.24. The highest BCUT2D eigenvalue weighted by Crippen LogP contribution is 2.67. The van der Waals surface area contributed by atoms with E-state index in [4.69, 9.17) is 4.74 Å². The zero-order chi connectivity index (χ0) is 25.6. The van der Waals surface area contributed by atoms with Crippen molar-refractivity contribution in [1.29, 1.82) is 0 Å². The molecule has 0 spiro atoms. The summed E-state index contributed by atoms with van der Waals surface area (Å²) in [6.45, 7) is 13.5. The molecule has 1 aromatic carbocycles. The summed E-state index contributed by atoms with van der Waals surface area (Å²) in [5.41, 5.74) is 0.815. The summed E-state index contributed by atoms with van der Waals surface area (Å²) < 4.78 is 6.93. The number of amides is 1. The molecule has 1 amide bonds. The Hall–Kier alpha value is -2.40. The summed E-state index contributed by atoms with van der Waals surface area (Å²) in [6, 6.07) is 7.92. The lowest BCUT2D eigenvalue weighted by Gasteiger charge is -2.48. The summed E-state index contributed by atoms with van der Waals surface area (Å²) in [4.78, 5) is 27.5.